The predicted octanol–water partition coefficient (Wildman–Crippen LogP) is 3.79. The van der Waals surface area contributed by atoms with Crippen molar-refractivity contribution in [2.45, 2.75) is 12.5 Å². The lowest BCUT2D eigenvalue weighted by molar-refractivity contribution is -0.118. The Kier molecular flexibility index (Phi) is 5.84. The maximum absolute atomic E-state index is 12.8. The highest BCUT2D eigenvalue weighted by molar-refractivity contribution is 5.99. The van der Waals surface area contributed by atoms with E-state index < -0.39 is 12.1 Å². The van der Waals surface area contributed by atoms with Gasteiger partial charge in [-0.05, 0) is 30.3 Å². The van der Waals surface area contributed by atoms with Crippen molar-refractivity contribution in [2.75, 3.05) is 19.5 Å². The first-order chi connectivity index (χ1) is 17.1. The van der Waals surface area contributed by atoms with Gasteiger partial charge in [0.25, 0.3) is 0 Å². The van der Waals surface area contributed by atoms with E-state index in [1.807, 2.05) is 24.3 Å². The monoisotopic (exact) mass is 471 g/mol. The van der Waals surface area contributed by atoms with Gasteiger partial charge >= 0.3 is 5.97 Å². The van der Waals surface area contributed by atoms with Crippen molar-refractivity contribution >= 4 is 17.6 Å². The molecule has 0 saturated carbocycles. The van der Waals surface area contributed by atoms with Crippen LogP contribution in [0.15, 0.2) is 60.8 Å². The molecule has 5 rings (SSSR count). The molecule has 176 valence electrons. The number of H-pyrrole nitrogens is 1. The minimum Gasteiger partial charge on any atom is -0.493 e. The van der Waals surface area contributed by atoms with Crippen LogP contribution >= 0.6 is 0 Å². The topological polar surface area (TPSA) is 128 Å². The number of benzene rings is 2. The molecule has 0 saturated heterocycles. The Balaban J connectivity index is 1.31. The van der Waals surface area contributed by atoms with E-state index in [9.17, 15) is 9.59 Å². The van der Waals surface area contributed by atoms with Crippen molar-refractivity contribution in [2.24, 2.45) is 0 Å². The number of rotatable bonds is 7. The molecule has 1 unspecified atom stereocenters. The van der Waals surface area contributed by atoms with E-state index in [0.29, 0.717) is 40.1 Å². The highest BCUT2D eigenvalue weighted by Crippen LogP contribution is 2.43. The Morgan fingerprint density at radius 1 is 1.11 bits per heavy atom. The Bertz CT molecular complexity index is 1400. The molecule has 3 heterocycles. The molecular formula is C25H21N5O5. The van der Waals surface area contributed by atoms with Crippen molar-refractivity contribution < 1.29 is 23.8 Å². The van der Waals surface area contributed by atoms with Crippen LogP contribution in [0.5, 0.6) is 11.5 Å². The molecule has 2 aromatic carbocycles. The number of aromatic nitrogens is 4. The predicted molar refractivity (Wildman–Crippen MR) is 126 cm³/mol. The molecular weight excluding hydrogens is 450 g/mol. The van der Waals surface area contributed by atoms with Gasteiger partial charge in [-0.3, -0.25) is 14.9 Å². The fraction of sp³-hybridized carbons (Fsp3) is 0.160. The number of carbonyl (C=O) groups is 2. The SMILES string of the molecule is COc1ccc2c(c1OC)C(=O)OC2CC(=O)Nc1cccc(-c2n[nH]c(-c3ccccn3)n2)c1. The summed E-state index contributed by atoms with van der Waals surface area (Å²) in [6.45, 7) is 0. The van der Waals surface area contributed by atoms with Crippen LogP contribution in [0.2, 0.25) is 0 Å². The van der Waals surface area contributed by atoms with E-state index in [4.69, 9.17) is 14.2 Å². The number of carbonyl (C=O) groups excluding carboxylic acids is 2. The van der Waals surface area contributed by atoms with Crippen LogP contribution in [-0.4, -0.2) is 46.3 Å². The minimum absolute atomic E-state index is 0.0526. The average molecular weight is 471 g/mol. The molecule has 0 aliphatic carbocycles. The quantitative estimate of drug-likeness (QED) is 0.390. The Hall–Kier alpha value is -4.73. The standard InChI is InChI=1S/C25H21N5O5/c1-33-18-10-9-16-19(35-25(32)21(16)22(18)34-2)13-20(31)27-15-7-5-6-14(12-15)23-28-24(30-29-23)17-8-3-4-11-26-17/h3-12,19H,13H2,1-2H3,(H,27,31)(H,28,29,30). The number of hydrogen-bond donors (Lipinski definition) is 2. The van der Waals surface area contributed by atoms with Crippen LogP contribution < -0.4 is 14.8 Å². The number of nitrogens with one attached hydrogen (secondary N) is 2. The maximum Gasteiger partial charge on any atom is 0.343 e. The molecule has 35 heavy (non-hydrogen) atoms. The second-order valence-electron chi connectivity index (χ2n) is 7.71. The van der Waals surface area contributed by atoms with Gasteiger partial charge in [-0.15, -0.1) is 0 Å². The number of cyclic esters (lactones) is 1. The normalized spacial score (nSPS) is 14.2. The van der Waals surface area contributed by atoms with E-state index in [2.05, 4.69) is 25.5 Å². The van der Waals surface area contributed by atoms with E-state index in [-0.39, 0.29) is 17.9 Å². The van der Waals surface area contributed by atoms with Crippen LogP contribution in [0.3, 0.4) is 0 Å². The fourth-order valence-electron chi connectivity index (χ4n) is 3.95. The molecule has 4 aromatic rings. The number of nitrogens with zero attached hydrogens (tertiary/aromatic N) is 3. The third kappa shape index (κ3) is 4.29. The first-order valence-electron chi connectivity index (χ1n) is 10.8. The van der Waals surface area contributed by atoms with Gasteiger partial charge < -0.3 is 19.5 Å². The largest absolute Gasteiger partial charge is 0.493 e. The Labute approximate surface area is 200 Å². The van der Waals surface area contributed by atoms with Crippen LogP contribution in [0, 0.1) is 0 Å². The number of fused-ring (bicyclic) bond motifs is 1. The van der Waals surface area contributed by atoms with E-state index in [1.54, 1.807) is 36.5 Å². The number of methoxy groups -OCH3 is 2. The summed E-state index contributed by atoms with van der Waals surface area (Å²) in [6, 6.07) is 16.1. The maximum atomic E-state index is 12.8. The molecule has 2 aromatic heterocycles. The molecule has 10 heteroatoms. The summed E-state index contributed by atoms with van der Waals surface area (Å²) in [5.74, 6) is 0.867. The van der Waals surface area contributed by atoms with Crippen LogP contribution in [0.4, 0.5) is 5.69 Å². The molecule has 1 aliphatic heterocycles. The van der Waals surface area contributed by atoms with Crippen molar-refractivity contribution in [1.82, 2.24) is 20.2 Å². The minimum atomic E-state index is -0.727. The van der Waals surface area contributed by atoms with Gasteiger partial charge in [0.2, 0.25) is 5.91 Å². The number of pyridine rings is 1. The zero-order valence-corrected chi connectivity index (χ0v) is 18.9. The lowest BCUT2D eigenvalue weighted by Crippen LogP contribution is -2.15. The van der Waals surface area contributed by atoms with E-state index >= 15 is 0 Å². The molecule has 0 fully saturated rings. The summed E-state index contributed by atoms with van der Waals surface area (Å²) in [5, 5.41) is 9.99. The Morgan fingerprint density at radius 3 is 2.77 bits per heavy atom. The van der Waals surface area contributed by atoms with Crippen molar-refractivity contribution in [3.8, 4) is 34.4 Å². The lowest BCUT2D eigenvalue weighted by atomic mass is 10.0. The summed E-state index contributed by atoms with van der Waals surface area (Å²) in [6.07, 6.45) is 0.901. The number of anilines is 1. The molecule has 0 bridgehead atoms. The van der Waals surface area contributed by atoms with Gasteiger partial charge in [0.15, 0.2) is 23.1 Å². The molecule has 1 amide bonds. The van der Waals surface area contributed by atoms with Crippen LogP contribution in [-0.2, 0) is 9.53 Å². The lowest BCUT2D eigenvalue weighted by Gasteiger charge is -2.13. The third-order valence-corrected chi connectivity index (χ3v) is 5.55. The highest BCUT2D eigenvalue weighted by Gasteiger charge is 2.36. The summed E-state index contributed by atoms with van der Waals surface area (Å²) in [7, 11) is 2.94. The van der Waals surface area contributed by atoms with Gasteiger partial charge in [-0.2, -0.15) is 5.10 Å². The fourth-order valence-corrected chi connectivity index (χ4v) is 3.95. The van der Waals surface area contributed by atoms with Crippen molar-refractivity contribution in [3.63, 3.8) is 0 Å². The van der Waals surface area contributed by atoms with Crippen molar-refractivity contribution in [1.29, 1.82) is 0 Å². The number of aromatic amines is 1. The summed E-state index contributed by atoms with van der Waals surface area (Å²) >= 11 is 0. The molecule has 1 atom stereocenters. The molecule has 0 radical (unpaired) electrons. The Morgan fingerprint density at radius 2 is 2.00 bits per heavy atom. The van der Waals surface area contributed by atoms with E-state index in [1.165, 1.54) is 14.2 Å². The molecule has 0 spiro atoms. The zero-order chi connectivity index (χ0) is 24.4. The van der Waals surface area contributed by atoms with Gasteiger partial charge in [-0.25, -0.2) is 9.78 Å². The number of amides is 1. The summed E-state index contributed by atoms with van der Waals surface area (Å²) < 4.78 is 16.0. The van der Waals surface area contributed by atoms with Gasteiger partial charge in [0.05, 0.1) is 20.6 Å². The van der Waals surface area contributed by atoms with Gasteiger partial charge in [-0.1, -0.05) is 24.3 Å². The van der Waals surface area contributed by atoms with Gasteiger partial charge in [0, 0.05) is 23.0 Å². The van der Waals surface area contributed by atoms with Crippen LogP contribution in [0.1, 0.15) is 28.4 Å². The van der Waals surface area contributed by atoms with Crippen molar-refractivity contribution in [3.05, 3.63) is 71.9 Å². The van der Waals surface area contributed by atoms with E-state index in [0.717, 1.165) is 5.56 Å². The zero-order valence-electron chi connectivity index (χ0n) is 18.9. The molecule has 1 aliphatic rings. The molecule has 10 nitrogen and oxygen atoms in total. The smallest absolute Gasteiger partial charge is 0.343 e. The average Bonchev–Trinajstić information content (AvgIpc) is 3.49. The number of hydrogen-bond acceptors (Lipinski definition) is 8. The summed E-state index contributed by atoms with van der Waals surface area (Å²) in [5.41, 5.74) is 2.82. The van der Waals surface area contributed by atoms with Crippen LogP contribution in [0.25, 0.3) is 22.9 Å². The van der Waals surface area contributed by atoms with Gasteiger partial charge in [0.1, 0.15) is 17.4 Å². The summed E-state index contributed by atoms with van der Waals surface area (Å²) in [4.78, 5) is 34.0. The number of esters is 1. The third-order valence-electron chi connectivity index (χ3n) is 5.55. The number of ether oxygens (including phenoxy) is 3. The molecule has 2 N–H and O–H groups in total. The second kappa shape index (κ2) is 9.26. The first kappa shape index (κ1) is 22.1. The highest BCUT2D eigenvalue weighted by atomic mass is 16.6. The first-order valence-corrected chi connectivity index (χ1v) is 10.8. The second-order valence-corrected chi connectivity index (χ2v) is 7.71.